The van der Waals surface area contributed by atoms with Gasteiger partial charge in [0.25, 0.3) is 0 Å². The molecule has 3 nitrogen and oxygen atoms in total. The molecule has 1 aliphatic rings. The number of halogens is 1. The minimum atomic E-state index is -0.433. The van der Waals surface area contributed by atoms with Gasteiger partial charge in [-0.05, 0) is 50.8 Å². The molecule has 4 heteroatoms. The number of benzene rings is 1. The van der Waals surface area contributed by atoms with Crippen molar-refractivity contribution in [2.45, 2.75) is 57.1 Å². The number of aliphatic hydroxyl groups excluding tert-OH is 1. The normalized spacial score (nSPS) is 19.8. The molecular formula is C16H22ClNO2. The molecule has 0 spiro atoms. The van der Waals surface area contributed by atoms with Gasteiger partial charge in [0.1, 0.15) is 0 Å². The molecule has 2 atom stereocenters. The van der Waals surface area contributed by atoms with Crippen molar-refractivity contribution in [1.82, 2.24) is 5.32 Å². The van der Waals surface area contributed by atoms with E-state index < -0.39 is 11.5 Å². The van der Waals surface area contributed by atoms with E-state index >= 15 is 0 Å². The smallest absolute Gasteiger partial charge is 0.230 e. The van der Waals surface area contributed by atoms with Gasteiger partial charge < -0.3 is 10.4 Å². The molecule has 2 rings (SSSR count). The summed E-state index contributed by atoms with van der Waals surface area (Å²) in [6, 6.07) is 7.55. The van der Waals surface area contributed by atoms with Gasteiger partial charge in [0, 0.05) is 11.1 Å². The van der Waals surface area contributed by atoms with Gasteiger partial charge in [-0.3, -0.25) is 4.79 Å². The molecule has 2 N–H and O–H groups in total. The number of aliphatic hydroxyl groups is 1. The molecule has 2 unspecified atom stereocenters. The van der Waals surface area contributed by atoms with Crippen LogP contribution in [0.2, 0.25) is 5.02 Å². The highest BCUT2D eigenvalue weighted by Gasteiger charge is 2.45. The van der Waals surface area contributed by atoms with Crippen molar-refractivity contribution in [2.24, 2.45) is 0 Å². The zero-order chi connectivity index (χ0) is 14.8. The monoisotopic (exact) mass is 295 g/mol. The number of carbonyl (C=O) groups is 1. The van der Waals surface area contributed by atoms with Gasteiger partial charge in [-0.2, -0.15) is 0 Å². The van der Waals surface area contributed by atoms with Gasteiger partial charge in [0.15, 0.2) is 0 Å². The summed E-state index contributed by atoms with van der Waals surface area (Å²) in [5, 5.41) is 13.1. The van der Waals surface area contributed by atoms with Crippen LogP contribution in [0.5, 0.6) is 0 Å². The third kappa shape index (κ3) is 3.15. The first-order valence-electron chi connectivity index (χ1n) is 7.19. The Kier molecular flexibility index (Phi) is 4.71. The first-order valence-corrected chi connectivity index (χ1v) is 7.57. The third-order valence-corrected chi connectivity index (χ3v) is 4.33. The molecule has 0 saturated heterocycles. The lowest BCUT2D eigenvalue weighted by atomic mass is 9.63. The van der Waals surface area contributed by atoms with Crippen LogP contribution in [-0.2, 0) is 10.2 Å². The Balaban J connectivity index is 2.13. The zero-order valence-electron chi connectivity index (χ0n) is 12.0. The zero-order valence-corrected chi connectivity index (χ0v) is 12.8. The predicted octanol–water partition coefficient (Wildman–Crippen LogP) is 3.04. The molecule has 0 heterocycles. The standard InChI is InChI=1S/C16H22ClNO2/c1-11(9-12(2)19)18-15(20)16(7-4-8-16)13-5-3-6-14(17)10-13/h3,5-6,10-12,19H,4,7-9H2,1-2H3,(H,18,20). The van der Waals surface area contributed by atoms with E-state index in [1.807, 2.05) is 31.2 Å². The van der Waals surface area contributed by atoms with Crippen molar-refractivity contribution in [3.63, 3.8) is 0 Å². The minimum absolute atomic E-state index is 0.0286. The first-order chi connectivity index (χ1) is 9.44. The van der Waals surface area contributed by atoms with Crippen LogP contribution in [0.25, 0.3) is 0 Å². The second-order valence-corrected chi connectivity index (χ2v) is 6.34. The maximum Gasteiger partial charge on any atom is 0.230 e. The Hall–Kier alpha value is -1.06. The molecular weight excluding hydrogens is 274 g/mol. The maximum absolute atomic E-state index is 12.6. The van der Waals surface area contributed by atoms with Crippen molar-refractivity contribution < 1.29 is 9.90 Å². The molecule has 0 radical (unpaired) electrons. The Morgan fingerprint density at radius 3 is 2.65 bits per heavy atom. The predicted molar refractivity (Wildman–Crippen MR) is 80.9 cm³/mol. The maximum atomic E-state index is 12.6. The lowest BCUT2D eigenvalue weighted by Gasteiger charge is -2.41. The van der Waals surface area contributed by atoms with Crippen LogP contribution >= 0.6 is 11.6 Å². The van der Waals surface area contributed by atoms with Crippen LogP contribution in [0.1, 0.15) is 45.1 Å². The molecule has 0 aliphatic heterocycles. The molecule has 1 aromatic carbocycles. The Morgan fingerprint density at radius 1 is 1.45 bits per heavy atom. The van der Waals surface area contributed by atoms with Gasteiger partial charge in [-0.15, -0.1) is 0 Å². The Morgan fingerprint density at radius 2 is 2.15 bits per heavy atom. The van der Waals surface area contributed by atoms with Gasteiger partial charge in [-0.1, -0.05) is 30.2 Å². The molecule has 0 bridgehead atoms. The van der Waals surface area contributed by atoms with Crippen LogP contribution in [0.3, 0.4) is 0 Å². The Labute approximate surface area is 125 Å². The fourth-order valence-corrected chi connectivity index (χ4v) is 3.09. The number of carbonyl (C=O) groups excluding carboxylic acids is 1. The summed E-state index contributed by atoms with van der Waals surface area (Å²) in [7, 11) is 0. The van der Waals surface area contributed by atoms with Crippen LogP contribution in [0, 0.1) is 0 Å². The van der Waals surface area contributed by atoms with Crippen molar-refractivity contribution >= 4 is 17.5 Å². The third-order valence-electron chi connectivity index (χ3n) is 4.09. The van der Waals surface area contributed by atoms with Crippen molar-refractivity contribution in [1.29, 1.82) is 0 Å². The van der Waals surface area contributed by atoms with E-state index in [-0.39, 0.29) is 11.9 Å². The van der Waals surface area contributed by atoms with Gasteiger partial charge in [0.05, 0.1) is 11.5 Å². The topological polar surface area (TPSA) is 49.3 Å². The fourth-order valence-electron chi connectivity index (χ4n) is 2.90. The molecule has 20 heavy (non-hydrogen) atoms. The van der Waals surface area contributed by atoms with E-state index in [1.54, 1.807) is 6.92 Å². The van der Waals surface area contributed by atoms with Crippen LogP contribution in [0.15, 0.2) is 24.3 Å². The second kappa shape index (κ2) is 6.15. The van der Waals surface area contributed by atoms with E-state index in [2.05, 4.69) is 5.32 Å². The molecule has 1 aromatic rings. The summed E-state index contributed by atoms with van der Waals surface area (Å²) >= 11 is 6.05. The fraction of sp³-hybridized carbons (Fsp3) is 0.562. The second-order valence-electron chi connectivity index (χ2n) is 5.91. The summed E-state index contributed by atoms with van der Waals surface area (Å²) in [6.45, 7) is 3.66. The van der Waals surface area contributed by atoms with E-state index in [0.717, 1.165) is 24.8 Å². The highest BCUT2D eigenvalue weighted by Crippen LogP contribution is 2.44. The highest BCUT2D eigenvalue weighted by atomic mass is 35.5. The van der Waals surface area contributed by atoms with E-state index in [4.69, 9.17) is 11.6 Å². The number of hydrogen-bond donors (Lipinski definition) is 2. The molecule has 1 amide bonds. The Bertz CT molecular complexity index is 483. The lowest BCUT2D eigenvalue weighted by Crippen LogP contribution is -2.51. The molecule has 1 fully saturated rings. The number of hydrogen-bond acceptors (Lipinski definition) is 2. The van der Waals surface area contributed by atoms with Crippen LogP contribution in [-0.4, -0.2) is 23.2 Å². The number of nitrogens with one attached hydrogen (secondary N) is 1. The molecule has 1 aliphatic carbocycles. The number of rotatable bonds is 5. The van der Waals surface area contributed by atoms with Crippen LogP contribution in [0.4, 0.5) is 0 Å². The number of amides is 1. The quantitative estimate of drug-likeness (QED) is 0.877. The summed E-state index contributed by atoms with van der Waals surface area (Å²) in [4.78, 5) is 12.6. The molecule has 1 saturated carbocycles. The van der Waals surface area contributed by atoms with E-state index in [9.17, 15) is 9.90 Å². The molecule has 0 aromatic heterocycles. The summed E-state index contributed by atoms with van der Waals surface area (Å²) in [5.74, 6) is 0.0548. The summed E-state index contributed by atoms with van der Waals surface area (Å²) in [5.41, 5.74) is 0.565. The molecule has 110 valence electrons. The average Bonchev–Trinajstić information content (AvgIpc) is 2.25. The van der Waals surface area contributed by atoms with Crippen LogP contribution < -0.4 is 5.32 Å². The van der Waals surface area contributed by atoms with Crippen molar-refractivity contribution in [3.8, 4) is 0 Å². The average molecular weight is 296 g/mol. The van der Waals surface area contributed by atoms with E-state index in [0.29, 0.717) is 11.4 Å². The van der Waals surface area contributed by atoms with Gasteiger partial charge in [0.2, 0.25) is 5.91 Å². The highest BCUT2D eigenvalue weighted by molar-refractivity contribution is 6.30. The van der Waals surface area contributed by atoms with E-state index in [1.165, 1.54) is 0 Å². The van der Waals surface area contributed by atoms with Crippen molar-refractivity contribution in [2.75, 3.05) is 0 Å². The van der Waals surface area contributed by atoms with Gasteiger partial charge in [-0.25, -0.2) is 0 Å². The summed E-state index contributed by atoms with van der Waals surface area (Å²) in [6.07, 6.45) is 2.94. The lowest BCUT2D eigenvalue weighted by molar-refractivity contribution is -0.130. The first kappa shape index (κ1) is 15.3. The summed E-state index contributed by atoms with van der Waals surface area (Å²) < 4.78 is 0. The largest absolute Gasteiger partial charge is 0.393 e. The van der Waals surface area contributed by atoms with Crippen molar-refractivity contribution in [3.05, 3.63) is 34.9 Å². The minimum Gasteiger partial charge on any atom is -0.393 e. The SMILES string of the molecule is CC(O)CC(C)NC(=O)C1(c2cccc(Cl)c2)CCC1. The van der Waals surface area contributed by atoms with Gasteiger partial charge >= 0.3 is 0 Å².